The van der Waals surface area contributed by atoms with E-state index in [-0.39, 0.29) is 11.6 Å². The maximum atomic E-state index is 12.6. The van der Waals surface area contributed by atoms with Crippen molar-refractivity contribution in [3.05, 3.63) is 16.3 Å². The Bertz CT molecular complexity index is 567. The molecule has 0 saturated carbocycles. The van der Waals surface area contributed by atoms with Crippen molar-refractivity contribution in [3.63, 3.8) is 0 Å². The lowest BCUT2D eigenvalue weighted by molar-refractivity contribution is -0.0599. The fraction of sp³-hybridized carbons (Fsp3) is 0.714. The first-order valence-electron chi connectivity index (χ1n) is 7.27. The molecule has 1 aliphatic heterocycles. The minimum atomic E-state index is -3.46. The Morgan fingerprint density at radius 2 is 2.24 bits per heavy atom. The summed E-state index contributed by atoms with van der Waals surface area (Å²) in [4.78, 5) is 1.26. The summed E-state index contributed by atoms with van der Waals surface area (Å²) < 4.78 is 33.6. The van der Waals surface area contributed by atoms with E-state index in [1.54, 1.807) is 6.07 Å². The van der Waals surface area contributed by atoms with E-state index in [0.717, 1.165) is 17.8 Å². The molecule has 0 radical (unpaired) electrons. The molecule has 1 atom stereocenters. The molecule has 21 heavy (non-hydrogen) atoms. The minimum absolute atomic E-state index is 0.0642. The second-order valence-electron chi connectivity index (χ2n) is 5.91. The highest BCUT2D eigenvalue weighted by Crippen LogP contribution is 2.27. The van der Waals surface area contributed by atoms with Crippen molar-refractivity contribution in [1.82, 2.24) is 10.0 Å². The van der Waals surface area contributed by atoms with Crippen LogP contribution in [0.2, 0.25) is 0 Å². The molecule has 1 saturated heterocycles. The van der Waals surface area contributed by atoms with Gasteiger partial charge in [0.1, 0.15) is 0 Å². The van der Waals surface area contributed by atoms with Crippen molar-refractivity contribution in [2.45, 2.75) is 56.7 Å². The predicted octanol–water partition coefficient (Wildman–Crippen LogP) is 2.09. The van der Waals surface area contributed by atoms with Crippen molar-refractivity contribution in [1.29, 1.82) is 0 Å². The van der Waals surface area contributed by atoms with Gasteiger partial charge in [0.25, 0.3) is 0 Å². The summed E-state index contributed by atoms with van der Waals surface area (Å²) in [5.74, 6) is 0. The molecule has 2 rings (SSSR count). The van der Waals surface area contributed by atoms with E-state index in [4.69, 9.17) is 4.74 Å². The summed E-state index contributed by atoms with van der Waals surface area (Å²) in [7, 11) is -3.46. The lowest BCUT2D eigenvalue weighted by atomic mass is 9.95. The molecule has 2 N–H and O–H groups in total. The van der Waals surface area contributed by atoms with Gasteiger partial charge in [-0.15, -0.1) is 11.3 Å². The molecule has 0 bridgehead atoms. The third kappa shape index (κ3) is 4.50. The molecule has 5 nitrogen and oxygen atoms in total. The SMILES string of the molecule is CCNCc1sccc1S(=O)(=O)NC1CCOC(C)(C)C1. The van der Waals surface area contributed by atoms with E-state index in [2.05, 4.69) is 10.0 Å². The van der Waals surface area contributed by atoms with Crippen LogP contribution in [0.1, 0.15) is 38.5 Å². The van der Waals surface area contributed by atoms with Crippen molar-refractivity contribution < 1.29 is 13.2 Å². The van der Waals surface area contributed by atoms with Gasteiger partial charge in [0.15, 0.2) is 0 Å². The molecule has 120 valence electrons. The van der Waals surface area contributed by atoms with Crippen molar-refractivity contribution in [2.75, 3.05) is 13.2 Å². The summed E-state index contributed by atoms with van der Waals surface area (Å²) in [6.45, 7) is 7.99. The molecule has 1 aromatic rings. The zero-order chi connectivity index (χ0) is 15.5. The third-order valence-electron chi connectivity index (χ3n) is 3.55. The van der Waals surface area contributed by atoms with Gasteiger partial charge < -0.3 is 10.1 Å². The average Bonchev–Trinajstić information content (AvgIpc) is 2.83. The van der Waals surface area contributed by atoms with Gasteiger partial charge in [0.05, 0.1) is 10.5 Å². The van der Waals surface area contributed by atoms with E-state index < -0.39 is 10.0 Å². The predicted molar refractivity (Wildman–Crippen MR) is 85.1 cm³/mol. The molecule has 0 amide bonds. The van der Waals surface area contributed by atoms with Crippen molar-refractivity contribution >= 4 is 21.4 Å². The maximum Gasteiger partial charge on any atom is 0.241 e. The Hall–Kier alpha value is -0.470. The summed E-state index contributed by atoms with van der Waals surface area (Å²) in [6, 6.07) is 1.62. The standard InChI is InChI=1S/C14H24N2O3S2/c1-4-15-10-12-13(6-8-20-12)21(17,18)16-11-5-7-19-14(2,3)9-11/h6,8,11,15-16H,4-5,7,9-10H2,1-3H3. The van der Waals surface area contributed by atoms with Crippen LogP contribution in [0, 0.1) is 0 Å². The number of hydrogen-bond acceptors (Lipinski definition) is 5. The molecule has 0 aliphatic carbocycles. The molecular weight excluding hydrogens is 308 g/mol. The van der Waals surface area contributed by atoms with Crippen LogP contribution in [-0.4, -0.2) is 33.2 Å². The van der Waals surface area contributed by atoms with Crippen LogP contribution in [0.15, 0.2) is 16.3 Å². The number of hydrogen-bond donors (Lipinski definition) is 2. The zero-order valence-electron chi connectivity index (χ0n) is 12.8. The van der Waals surface area contributed by atoms with E-state index in [9.17, 15) is 8.42 Å². The Morgan fingerprint density at radius 1 is 1.48 bits per heavy atom. The van der Waals surface area contributed by atoms with Gasteiger partial charge in [0, 0.05) is 24.1 Å². The molecule has 1 aromatic heterocycles. The number of sulfonamides is 1. The Kier molecular flexibility index (Phi) is 5.43. The molecule has 0 spiro atoms. The van der Waals surface area contributed by atoms with Gasteiger partial charge in [-0.1, -0.05) is 6.92 Å². The number of thiophene rings is 1. The Labute approximate surface area is 131 Å². The first-order valence-corrected chi connectivity index (χ1v) is 9.64. The summed E-state index contributed by atoms with van der Waals surface area (Å²) in [5, 5.41) is 5.01. The lowest BCUT2D eigenvalue weighted by Gasteiger charge is -2.35. The summed E-state index contributed by atoms with van der Waals surface area (Å²) in [6.07, 6.45) is 1.41. The van der Waals surface area contributed by atoms with Crippen molar-refractivity contribution in [2.24, 2.45) is 0 Å². The molecule has 1 unspecified atom stereocenters. The molecule has 2 heterocycles. The smallest absolute Gasteiger partial charge is 0.241 e. The van der Waals surface area contributed by atoms with Crippen LogP contribution in [0.5, 0.6) is 0 Å². The van der Waals surface area contributed by atoms with Gasteiger partial charge in [-0.05, 0) is 44.7 Å². The van der Waals surface area contributed by atoms with Crippen LogP contribution in [0.25, 0.3) is 0 Å². The molecule has 1 aliphatic rings. The molecular formula is C14H24N2O3S2. The molecule has 7 heteroatoms. The van der Waals surface area contributed by atoms with E-state index in [0.29, 0.717) is 24.5 Å². The normalized spacial score (nSPS) is 22.3. The van der Waals surface area contributed by atoms with Crippen LogP contribution in [0.4, 0.5) is 0 Å². The number of rotatable bonds is 6. The van der Waals surface area contributed by atoms with Gasteiger partial charge in [-0.2, -0.15) is 0 Å². The summed E-state index contributed by atoms with van der Waals surface area (Å²) >= 11 is 1.47. The van der Waals surface area contributed by atoms with Crippen LogP contribution in [-0.2, 0) is 21.3 Å². The molecule has 1 fully saturated rings. The van der Waals surface area contributed by atoms with Gasteiger partial charge in [-0.25, -0.2) is 13.1 Å². The zero-order valence-corrected chi connectivity index (χ0v) is 14.4. The Balaban J connectivity index is 2.10. The fourth-order valence-corrected chi connectivity index (χ4v) is 5.23. The maximum absolute atomic E-state index is 12.6. The number of nitrogens with one attached hydrogen (secondary N) is 2. The Morgan fingerprint density at radius 3 is 2.90 bits per heavy atom. The van der Waals surface area contributed by atoms with Crippen LogP contribution >= 0.6 is 11.3 Å². The second kappa shape index (κ2) is 6.75. The monoisotopic (exact) mass is 332 g/mol. The highest BCUT2D eigenvalue weighted by atomic mass is 32.2. The highest BCUT2D eigenvalue weighted by Gasteiger charge is 2.32. The largest absolute Gasteiger partial charge is 0.375 e. The number of ether oxygens (including phenoxy) is 1. The van der Waals surface area contributed by atoms with E-state index in [1.807, 2.05) is 26.2 Å². The minimum Gasteiger partial charge on any atom is -0.375 e. The van der Waals surface area contributed by atoms with Gasteiger partial charge >= 0.3 is 0 Å². The lowest BCUT2D eigenvalue weighted by Crippen LogP contribution is -2.45. The topological polar surface area (TPSA) is 67.4 Å². The molecule has 0 aromatic carbocycles. The van der Waals surface area contributed by atoms with Gasteiger partial charge in [0.2, 0.25) is 10.0 Å². The first-order chi connectivity index (χ1) is 9.84. The van der Waals surface area contributed by atoms with Crippen LogP contribution < -0.4 is 10.0 Å². The first kappa shape index (κ1) is 16.9. The van der Waals surface area contributed by atoms with Crippen LogP contribution in [0.3, 0.4) is 0 Å². The summed E-state index contributed by atoms with van der Waals surface area (Å²) in [5.41, 5.74) is -0.271. The van der Waals surface area contributed by atoms with Crippen molar-refractivity contribution in [3.8, 4) is 0 Å². The van der Waals surface area contributed by atoms with Gasteiger partial charge in [-0.3, -0.25) is 0 Å². The van der Waals surface area contributed by atoms with E-state index in [1.165, 1.54) is 11.3 Å². The quantitative estimate of drug-likeness (QED) is 0.837. The fourth-order valence-electron chi connectivity index (χ4n) is 2.55. The third-order valence-corrected chi connectivity index (χ3v) is 6.20. The second-order valence-corrected chi connectivity index (χ2v) is 8.59. The average molecular weight is 332 g/mol. The van der Waals surface area contributed by atoms with E-state index >= 15 is 0 Å². The highest BCUT2D eigenvalue weighted by molar-refractivity contribution is 7.89.